The van der Waals surface area contributed by atoms with Crippen LogP contribution in [-0.4, -0.2) is 24.6 Å². The van der Waals surface area contributed by atoms with Gasteiger partial charge in [-0.3, -0.25) is 0 Å². The van der Waals surface area contributed by atoms with Crippen LogP contribution in [0.25, 0.3) is 0 Å². The van der Waals surface area contributed by atoms with Crippen LogP contribution >= 0.6 is 0 Å². The van der Waals surface area contributed by atoms with E-state index < -0.39 is 6.36 Å². The van der Waals surface area contributed by atoms with Gasteiger partial charge < -0.3 is 14.8 Å². The Morgan fingerprint density at radius 3 is 2.15 bits per heavy atom. The zero-order valence-electron chi connectivity index (χ0n) is 12.0. The number of ether oxygens (including phenoxy) is 2. The van der Waals surface area contributed by atoms with Crippen molar-refractivity contribution in [2.45, 2.75) is 45.7 Å². The number of rotatable bonds is 5. The minimum absolute atomic E-state index is 0.0769. The minimum atomic E-state index is -4.73. The highest BCUT2D eigenvalue weighted by Crippen LogP contribution is 2.32. The van der Waals surface area contributed by atoms with E-state index in [1.165, 1.54) is 18.2 Å². The molecule has 0 radical (unpaired) electrons. The Labute approximate surface area is 117 Å². The fourth-order valence-corrected chi connectivity index (χ4v) is 1.46. The number of para-hydroxylation sites is 2. The van der Waals surface area contributed by atoms with Crippen molar-refractivity contribution >= 4 is 0 Å². The molecule has 0 saturated carbocycles. The highest BCUT2D eigenvalue weighted by Gasteiger charge is 2.32. The molecule has 114 valence electrons. The summed E-state index contributed by atoms with van der Waals surface area (Å²) < 4.78 is 46.3. The van der Waals surface area contributed by atoms with E-state index in [0.717, 1.165) is 0 Å². The summed E-state index contributed by atoms with van der Waals surface area (Å²) in [6.07, 6.45) is -5.01. The number of nitrogens with one attached hydrogen (secondary N) is 1. The Morgan fingerprint density at radius 2 is 1.65 bits per heavy atom. The van der Waals surface area contributed by atoms with Gasteiger partial charge in [0.05, 0.1) is 0 Å². The van der Waals surface area contributed by atoms with Crippen LogP contribution in [0.1, 0.15) is 27.7 Å². The topological polar surface area (TPSA) is 30.5 Å². The van der Waals surface area contributed by atoms with Gasteiger partial charge in [-0.2, -0.15) is 0 Å². The van der Waals surface area contributed by atoms with Gasteiger partial charge in [-0.25, -0.2) is 0 Å². The largest absolute Gasteiger partial charge is 0.573 e. The highest BCUT2D eigenvalue weighted by molar-refractivity contribution is 5.39. The molecule has 0 aliphatic carbocycles. The number of alkyl halides is 3. The first-order chi connectivity index (χ1) is 9.07. The van der Waals surface area contributed by atoms with Crippen molar-refractivity contribution in [1.29, 1.82) is 0 Å². The summed E-state index contributed by atoms with van der Waals surface area (Å²) in [6.45, 7) is 8.30. The van der Waals surface area contributed by atoms with Gasteiger partial charge in [-0.05, 0) is 39.8 Å². The second-order valence-corrected chi connectivity index (χ2v) is 5.55. The van der Waals surface area contributed by atoms with E-state index >= 15 is 0 Å². The molecule has 0 fully saturated rings. The molecule has 1 aromatic rings. The van der Waals surface area contributed by atoms with Gasteiger partial charge in [-0.15, -0.1) is 13.2 Å². The molecular formula is C14H20F3NO2. The van der Waals surface area contributed by atoms with Crippen molar-refractivity contribution in [3.05, 3.63) is 24.3 Å². The normalized spacial score (nSPS) is 13.9. The fourth-order valence-electron chi connectivity index (χ4n) is 1.46. The second kappa shape index (κ2) is 6.35. The first-order valence-corrected chi connectivity index (χ1v) is 6.33. The summed E-state index contributed by atoms with van der Waals surface area (Å²) in [5.41, 5.74) is -0.0837. The first-order valence-electron chi connectivity index (χ1n) is 6.33. The standard InChI is InChI=1S/C14H20F3NO2/c1-10(9-18-13(2,3)4)19-11-7-5-6-8-12(11)20-14(15,16)17/h5-8,10,18H,9H2,1-4H3. The van der Waals surface area contributed by atoms with Gasteiger partial charge in [0.15, 0.2) is 11.5 Å². The molecular weight excluding hydrogens is 271 g/mol. The summed E-state index contributed by atoms with van der Waals surface area (Å²) in [4.78, 5) is 0. The summed E-state index contributed by atoms with van der Waals surface area (Å²) in [6, 6.07) is 5.75. The molecule has 1 aromatic carbocycles. The maximum Gasteiger partial charge on any atom is 0.573 e. The Bertz CT molecular complexity index is 427. The molecule has 1 unspecified atom stereocenters. The molecule has 0 aliphatic heterocycles. The molecule has 0 bridgehead atoms. The number of hydrogen-bond donors (Lipinski definition) is 1. The van der Waals surface area contributed by atoms with Crippen molar-refractivity contribution in [1.82, 2.24) is 5.32 Å². The predicted octanol–water partition coefficient (Wildman–Crippen LogP) is 3.74. The fraction of sp³-hybridized carbons (Fsp3) is 0.571. The second-order valence-electron chi connectivity index (χ2n) is 5.55. The van der Waals surface area contributed by atoms with Crippen LogP contribution in [-0.2, 0) is 0 Å². The molecule has 1 rings (SSSR count). The van der Waals surface area contributed by atoms with Gasteiger partial charge in [0, 0.05) is 12.1 Å². The average Bonchev–Trinajstić information content (AvgIpc) is 2.26. The smallest absolute Gasteiger partial charge is 0.485 e. The van der Waals surface area contributed by atoms with Crippen LogP contribution in [0.15, 0.2) is 24.3 Å². The van der Waals surface area contributed by atoms with Crippen molar-refractivity contribution in [3.8, 4) is 11.5 Å². The van der Waals surface area contributed by atoms with Crippen LogP contribution in [0.4, 0.5) is 13.2 Å². The Hall–Kier alpha value is -1.43. The molecule has 20 heavy (non-hydrogen) atoms. The lowest BCUT2D eigenvalue weighted by molar-refractivity contribution is -0.275. The SMILES string of the molecule is CC(CNC(C)(C)C)Oc1ccccc1OC(F)(F)F. The lowest BCUT2D eigenvalue weighted by atomic mass is 10.1. The number of benzene rings is 1. The minimum Gasteiger partial charge on any atom is -0.485 e. The number of halogens is 3. The highest BCUT2D eigenvalue weighted by atomic mass is 19.4. The van der Waals surface area contributed by atoms with Crippen LogP contribution in [0.5, 0.6) is 11.5 Å². The first kappa shape index (κ1) is 16.6. The van der Waals surface area contributed by atoms with Crippen LogP contribution in [0.2, 0.25) is 0 Å². The quantitative estimate of drug-likeness (QED) is 0.896. The molecule has 0 heterocycles. The molecule has 1 atom stereocenters. The van der Waals surface area contributed by atoms with E-state index in [9.17, 15) is 13.2 Å². The number of hydrogen-bond acceptors (Lipinski definition) is 3. The summed E-state index contributed by atoms with van der Waals surface area (Å²) in [7, 11) is 0. The van der Waals surface area contributed by atoms with Gasteiger partial charge in [-0.1, -0.05) is 12.1 Å². The van der Waals surface area contributed by atoms with E-state index in [2.05, 4.69) is 10.1 Å². The summed E-state index contributed by atoms with van der Waals surface area (Å²) in [5, 5.41) is 3.22. The predicted molar refractivity (Wildman–Crippen MR) is 71.0 cm³/mol. The Balaban J connectivity index is 2.67. The van der Waals surface area contributed by atoms with Gasteiger partial charge in [0.25, 0.3) is 0 Å². The molecule has 6 heteroatoms. The van der Waals surface area contributed by atoms with Crippen molar-refractivity contribution in [3.63, 3.8) is 0 Å². The van der Waals surface area contributed by atoms with E-state index in [1.54, 1.807) is 13.0 Å². The maximum absolute atomic E-state index is 12.3. The van der Waals surface area contributed by atoms with Gasteiger partial charge >= 0.3 is 6.36 Å². The van der Waals surface area contributed by atoms with E-state index in [1.807, 2.05) is 20.8 Å². The zero-order valence-corrected chi connectivity index (χ0v) is 12.0. The third kappa shape index (κ3) is 6.65. The molecule has 0 amide bonds. The summed E-state index contributed by atoms with van der Waals surface area (Å²) >= 11 is 0. The Morgan fingerprint density at radius 1 is 1.10 bits per heavy atom. The molecule has 3 nitrogen and oxygen atoms in total. The van der Waals surface area contributed by atoms with Gasteiger partial charge in [0.2, 0.25) is 0 Å². The molecule has 1 N–H and O–H groups in total. The maximum atomic E-state index is 12.3. The van der Waals surface area contributed by atoms with E-state index in [-0.39, 0.29) is 23.1 Å². The lowest BCUT2D eigenvalue weighted by Gasteiger charge is -2.24. The monoisotopic (exact) mass is 291 g/mol. The molecule has 0 saturated heterocycles. The van der Waals surface area contributed by atoms with Crippen molar-refractivity contribution < 1.29 is 22.6 Å². The third-order valence-corrected chi connectivity index (χ3v) is 2.32. The van der Waals surface area contributed by atoms with Crippen molar-refractivity contribution in [2.75, 3.05) is 6.54 Å². The Kier molecular flexibility index (Phi) is 5.28. The zero-order chi connectivity index (χ0) is 15.4. The average molecular weight is 291 g/mol. The molecule has 0 aromatic heterocycles. The summed E-state index contributed by atoms with van der Waals surface area (Å²) in [5.74, 6) is -0.254. The third-order valence-electron chi connectivity index (χ3n) is 2.32. The molecule has 0 aliphatic rings. The van der Waals surface area contributed by atoms with Crippen LogP contribution in [0.3, 0.4) is 0 Å². The van der Waals surface area contributed by atoms with E-state index in [0.29, 0.717) is 6.54 Å². The van der Waals surface area contributed by atoms with E-state index in [4.69, 9.17) is 4.74 Å². The van der Waals surface area contributed by atoms with Crippen LogP contribution in [0, 0.1) is 0 Å². The lowest BCUT2D eigenvalue weighted by Crippen LogP contribution is -2.41. The van der Waals surface area contributed by atoms with Crippen LogP contribution < -0.4 is 14.8 Å². The molecule has 0 spiro atoms. The van der Waals surface area contributed by atoms with Crippen molar-refractivity contribution in [2.24, 2.45) is 0 Å². The van der Waals surface area contributed by atoms with Gasteiger partial charge in [0.1, 0.15) is 6.10 Å².